The van der Waals surface area contributed by atoms with E-state index in [1.54, 1.807) is 6.26 Å². The maximum absolute atomic E-state index is 12.7. The first-order valence-electron chi connectivity index (χ1n) is 11.0. The summed E-state index contributed by atoms with van der Waals surface area (Å²) in [4.78, 5) is 19.7. The van der Waals surface area contributed by atoms with E-state index in [1.807, 2.05) is 12.1 Å². The molecule has 5 heteroatoms. The highest BCUT2D eigenvalue weighted by Crippen LogP contribution is 2.23. The van der Waals surface area contributed by atoms with Gasteiger partial charge in [-0.3, -0.25) is 14.6 Å². The summed E-state index contributed by atoms with van der Waals surface area (Å²) in [6.45, 7) is 7.76. The van der Waals surface area contributed by atoms with Crippen LogP contribution in [0.2, 0.25) is 0 Å². The van der Waals surface area contributed by atoms with Gasteiger partial charge in [-0.15, -0.1) is 0 Å². The van der Waals surface area contributed by atoms with Crippen LogP contribution in [0.3, 0.4) is 0 Å². The fourth-order valence-corrected chi connectivity index (χ4v) is 4.64. The summed E-state index contributed by atoms with van der Waals surface area (Å²) in [7, 11) is 0. The second-order valence-electron chi connectivity index (χ2n) is 8.50. The van der Waals surface area contributed by atoms with Gasteiger partial charge in [0.05, 0.1) is 12.8 Å². The number of likely N-dealkylation sites (tertiary alicyclic amines) is 1. The lowest BCUT2D eigenvalue weighted by Gasteiger charge is -2.36. The Morgan fingerprint density at radius 2 is 1.76 bits per heavy atom. The predicted molar refractivity (Wildman–Crippen MR) is 114 cm³/mol. The molecular weight excluding hydrogens is 362 g/mol. The number of nitrogens with zero attached hydrogens (tertiary/aromatic N) is 3. The van der Waals surface area contributed by atoms with E-state index < -0.39 is 0 Å². The highest BCUT2D eigenvalue weighted by molar-refractivity contribution is 5.76. The van der Waals surface area contributed by atoms with Gasteiger partial charge in [-0.2, -0.15) is 0 Å². The molecule has 2 aromatic rings. The van der Waals surface area contributed by atoms with Crippen LogP contribution >= 0.6 is 0 Å². The van der Waals surface area contributed by atoms with Gasteiger partial charge in [-0.05, 0) is 49.4 Å². The molecule has 0 radical (unpaired) electrons. The van der Waals surface area contributed by atoms with E-state index in [-0.39, 0.29) is 0 Å². The molecule has 5 nitrogen and oxygen atoms in total. The zero-order chi connectivity index (χ0) is 19.9. The summed E-state index contributed by atoms with van der Waals surface area (Å²) in [5, 5.41) is 0. The van der Waals surface area contributed by atoms with Gasteiger partial charge in [-0.25, -0.2) is 0 Å². The molecule has 0 saturated carbocycles. The number of carbonyl (C=O) groups excluding carboxylic acids is 1. The Morgan fingerprint density at radius 3 is 2.52 bits per heavy atom. The first kappa shape index (κ1) is 20.2. The van der Waals surface area contributed by atoms with Crippen LogP contribution < -0.4 is 0 Å². The second kappa shape index (κ2) is 10.1. The SMILES string of the molecule is O=C(CC[C@@H]1CCCN(Cc2ccco2)C1)N1CCN(Cc2ccccc2)CC1. The topological polar surface area (TPSA) is 39.9 Å². The molecule has 0 N–H and O–H groups in total. The Morgan fingerprint density at radius 1 is 0.931 bits per heavy atom. The molecule has 156 valence electrons. The number of benzene rings is 1. The molecule has 2 saturated heterocycles. The molecule has 2 fully saturated rings. The van der Waals surface area contributed by atoms with Crippen LogP contribution in [0.4, 0.5) is 0 Å². The van der Waals surface area contributed by atoms with Gasteiger partial charge in [0.1, 0.15) is 5.76 Å². The molecule has 29 heavy (non-hydrogen) atoms. The van der Waals surface area contributed by atoms with Crippen LogP contribution in [0.15, 0.2) is 53.1 Å². The number of carbonyl (C=O) groups is 1. The predicted octanol–water partition coefficient (Wildman–Crippen LogP) is 3.62. The normalized spacial score (nSPS) is 21.4. The Labute approximate surface area is 174 Å². The van der Waals surface area contributed by atoms with Crippen molar-refractivity contribution >= 4 is 5.91 Å². The van der Waals surface area contributed by atoms with Crippen LogP contribution in [-0.4, -0.2) is 59.9 Å². The molecule has 1 amide bonds. The molecule has 1 aromatic heterocycles. The third-order valence-corrected chi connectivity index (χ3v) is 6.30. The lowest BCUT2D eigenvalue weighted by Crippen LogP contribution is -2.48. The van der Waals surface area contributed by atoms with Gasteiger partial charge in [0.25, 0.3) is 0 Å². The van der Waals surface area contributed by atoms with Crippen molar-refractivity contribution in [1.29, 1.82) is 0 Å². The lowest BCUT2D eigenvalue weighted by atomic mass is 9.93. The number of furan rings is 1. The molecule has 0 unspecified atom stereocenters. The number of hydrogen-bond acceptors (Lipinski definition) is 4. The third kappa shape index (κ3) is 5.94. The van der Waals surface area contributed by atoms with Gasteiger partial charge in [-0.1, -0.05) is 30.3 Å². The smallest absolute Gasteiger partial charge is 0.222 e. The Balaban J connectivity index is 1.16. The standard InChI is InChI=1S/C24H33N3O2/c28-24(27-15-13-25(14-16-27)18-21-6-2-1-3-7-21)11-10-22-8-4-12-26(19-22)20-23-9-5-17-29-23/h1-3,5-7,9,17,22H,4,8,10-16,18-20H2/t22-/m0/s1. The summed E-state index contributed by atoms with van der Waals surface area (Å²) >= 11 is 0. The van der Waals surface area contributed by atoms with Crippen molar-refractivity contribution in [1.82, 2.24) is 14.7 Å². The second-order valence-corrected chi connectivity index (χ2v) is 8.50. The molecule has 1 aromatic carbocycles. The maximum Gasteiger partial charge on any atom is 0.222 e. The summed E-state index contributed by atoms with van der Waals surface area (Å²) in [6, 6.07) is 14.6. The van der Waals surface area contributed by atoms with Gasteiger partial charge in [0.15, 0.2) is 0 Å². The van der Waals surface area contributed by atoms with Crippen LogP contribution in [0.1, 0.15) is 37.0 Å². The summed E-state index contributed by atoms with van der Waals surface area (Å²) in [5.41, 5.74) is 1.35. The van der Waals surface area contributed by atoms with Crippen molar-refractivity contribution < 1.29 is 9.21 Å². The average molecular weight is 396 g/mol. The lowest BCUT2D eigenvalue weighted by molar-refractivity contribution is -0.133. The van der Waals surface area contributed by atoms with Gasteiger partial charge in [0, 0.05) is 45.7 Å². The van der Waals surface area contributed by atoms with Crippen molar-refractivity contribution in [2.24, 2.45) is 5.92 Å². The van der Waals surface area contributed by atoms with Gasteiger partial charge in [0.2, 0.25) is 5.91 Å². The zero-order valence-corrected chi connectivity index (χ0v) is 17.3. The molecule has 2 aliphatic heterocycles. The summed E-state index contributed by atoms with van der Waals surface area (Å²) < 4.78 is 5.49. The van der Waals surface area contributed by atoms with Crippen LogP contribution in [0, 0.1) is 5.92 Å². The average Bonchev–Trinajstić information content (AvgIpc) is 3.27. The molecule has 2 aliphatic rings. The Kier molecular flexibility index (Phi) is 7.01. The molecular formula is C24H33N3O2. The number of piperidine rings is 1. The van der Waals surface area contributed by atoms with E-state index in [1.165, 1.54) is 18.4 Å². The third-order valence-electron chi connectivity index (χ3n) is 6.30. The van der Waals surface area contributed by atoms with Crippen molar-refractivity contribution in [3.8, 4) is 0 Å². The van der Waals surface area contributed by atoms with E-state index in [2.05, 4.69) is 45.0 Å². The van der Waals surface area contributed by atoms with E-state index in [0.717, 1.165) is 64.5 Å². The van der Waals surface area contributed by atoms with E-state index in [0.29, 0.717) is 18.2 Å². The van der Waals surface area contributed by atoms with Crippen molar-refractivity contribution in [3.05, 3.63) is 60.1 Å². The molecule has 1 atom stereocenters. The quantitative estimate of drug-likeness (QED) is 0.718. The number of piperazine rings is 1. The van der Waals surface area contributed by atoms with Gasteiger partial charge < -0.3 is 9.32 Å². The molecule has 3 heterocycles. The Hall–Kier alpha value is -2.11. The first-order chi connectivity index (χ1) is 14.3. The van der Waals surface area contributed by atoms with E-state index in [9.17, 15) is 4.79 Å². The highest BCUT2D eigenvalue weighted by atomic mass is 16.3. The van der Waals surface area contributed by atoms with E-state index in [4.69, 9.17) is 4.42 Å². The summed E-state index contributed by atoms with van der Waals surface area (Å²) in [5.74, 6) is 2.00. The minimum atomic E-state index is 0.340. The molecule has 0 spiro atoms. The van der Waals surface area contributed by atoms with Crippen LogP contribution in [0.25, 0.3) is 0 Å². The fraction of sp³-hybridized carbons (Fsp3) is 0.542. The number of hydrogen-bond donors (Lipinski definition) is 0. The molecule has 0 bridgehead atoms. The van der Waals surface area contributed by atoms with Crippen molar-refractivity contribution in [2.75, 3.05) is 39.3 Å². The highest BCUT2D eigenvalue weighted by Gasteiger charge is 2.24. The van der Waals surface area contributed by atoms with Crippen molar-refractivity contribution in [3.63, 3.8) is 0 Å². The maximum atomic E-state index is 12.7. The largest absolute Gasteiger partial charge is 0.468 e. The number of amides is 1. The number of rotatable bonds is 7. The van der Waals surface area contributed by atoms with E-state index >= 15 is 0 Å². The minimum absolute atomic E-state index is 0.340. The monoisotopic (exact) mass is 395 g/mol. The Bertz CT molecular complexity index is 739. The molecule has 0 aliphatic carbocycles. The summed E-state index contributed by atoms with van der Waals surface area (Å²) in [6.07, 6.45) is 5.91. The fourth-order valence-electron chi connectivity index (χ4n) is 4.64. The van der Waals surface area contributed by atoms with Crippen LogP contribution in [-0.2, 0) is 17.9 Å². The zero-order valence-electron chi connectivity index (χ0n) is 17.3. The minimum Gasteiger partial charge on any atom is -0.468 e. The molecule has 4 rings (SSSR count). The van der Waals surface area contributed by atoms with Crippen LogP contribution in [0.5, 0.6) is 0 Å². The first-order valence-corrected chi connectivity index (χ1v) is 11.0. The van der Waals surface area contributed by atoms with Crippen molar-refractivity contribution in [2.45, 2.75) is 38.8 Å². The van der Waals surface area contributed by atoms with Gasteiger partial charge >= 0.3 is 0 Å².